The number of phosphoric ester groups is 1. The Morgan fingerprint density at radius 1 is 0.646 bits per heavy atom. The van der Waals surface area contributed by atoms with Crippen molar-refractivity contribution < 1.29 is 42.7 Å². The predicted molar refractivity (Wildman–Crippen MR) is 194 cm³/mol. The summed E-state index contributed by atoms with van der Waals surface area (Å²) in [6.45, 7) is 3.79. The number of esters is 1. The Bertz CT molecular complexity index is 868. The molecule has 0 amide bonds. The standard InChI is InChI=1S/C37H70NO9P/c1-3-5-7-9-11-13-15-16-17-18-20-22-24-26-28-30-44-31-34(32-45-48(42,43)46-33-35(38)37(40)41)47-36(39)29-27-25-23-21-19-14-12-10-8-6-4-2/h10,12,15-16,34-35H,3-9,11,13-14,17-33,38H2,1-2H3,(H,40,41)(H,42,43)/b12-10-,16-15-. The molecule has 0 heterocycles. The zero-order chi connectivity index (χ0) is 35.6. The van der Waals surface area contributed by atoms with Gasteiger partial charge in [0.2, 0.25) is 0 Å². The van der Waals surface area contributed by atoms with Crippen molar-refractivity contribution in [3.63, 3.8) is 0 Å². The summed E-state index contributed by atoms with van der Waals surface area (Å²) in [5, 5.41) is 8.85. The van der Waals surface area contributed by atoms with E-state index in [1.54, 1.807) is 0 Å². The summed E-state index contributed by atoms with van der Waals surface area (Å²) in [5.74, 6) is -1.79. The quantitative estimate of drug-likeness (QED) is 0.0249. The van der Waals surface area contributed by atoms with Gasteiger partial charge in [0.25, 0.3) is 0 Å². The molecule has 11 heteroatoms. The van der Waals surface area contributed by atoms with E-state index in [1.165, 1.54) is 70.6 Å². The molecule has 0 bridgehead atoms. The summed E-state index contributed by atoms with van der Waals surface area (Å²) in [6, 6.07) is -1.47. The molecule has 282 valence electrons. The van der Waals surface area contributed by atoms with Gasteiger partial charge < -0.3 is 25.2 Å². The van der Waals surface area contributed by atoms with Crippen molar-refractivity contribution in [3.8, 4) is 0 Å². The van der Waals surface area contributed by atoms with Crippen molar-refractivity contribution in [2.75, 3.05) is 26.4 Å². The zero-order valence-corrected chi connectivity index (χ0v) is 31.2. The van der Waals surface area contributed by atoms with Gasteiger partial charge in [0.1, 0.15) is 12.1 Å². The number of carboxylic acids is 1. The van der Waals surface area contributed by atoms with Gasteiger partial charge in [-0.05, 0) is 57.8 Å². The maximum atomic E-state index is 12.5. The molecule has 48 heavy (non-hydrogen) atoms. The number of carboxylic acid groups (broad SMARTS) is 1. The van der Waals surface area contributed by atoms with E-state index in [9.17, 15) is 19.0 Å². The third-order valence-electron chi connectivity index (χ3n) is 7.95. The minimum absolute atomic E-state index is 0.0110. The molecule has 0 saturated heterocycles. The van der Waals surface area contributed by atoms with Crippen molar-refractivity contribution in [1.82, 2.24) is 0 Å². The molecule has 0 fully saturated rings. The van der Waals surface area contributed by atoms with Gasteiger partial charge in [-0.15, -0.1) is 0 Å². The average molecular weight is 704 g/mol. The van der Waals surface area contributed by atoms with E-state index in [0.29, 0.717) is 13.0 Å². The van der Waals surface area contributed by atoms with Crippen LogP contribution in [0.2, 0.25) is 0 Å². The molecular formula is C37H70NO9P. The van der Waals surface area contributed by atoms with Gasteiger partial charge >= 0.3 is 19.8 Å². The molecule has 4 N–H and O–H groups in total. The second kappa shape index (κ2) is 33.9. The van der Waals surface area contributed by atoms with Gasteiger partial charge in [-0.25, -0.2) is 4.57 Å². The summed E-state index contributed by atoms with van der Waals surface area (Å²) in [7, 11) is -4.61. The largest absolute Gasteiger partial charge is 0.480 e. The highest BCUT2D eigenvalue weighted by Gasteiger charge is 2.27. The fourth-order valence-corrected chi connectivity index (χ4v) is 5.71. The van der Waals surface area contributed by atoms with E-state index in [4.69, 9.17) is 24.8 Å². The Balaban J connectivity index is 4.31. The van der Waals surface area contributed by atoms with Crippen LogP contribution in [-0.2, 0) is 32.7 Å². The molecule has 0 saturated carbocycles. The molecule has 0 radical (unpaired) electrons. The van der Waals surface area contributed by atoms with Crippen LogP contribution in [-0.4, -0.2) is 60.5 Å². The molecule has 0 aromatic heterocycles. The summed E-state index contributed by atoms with van der Waals surface area (Å²) in [5.41, 5.74) is 5.33. The number of phosphoric acid groups is 1. The Morgan fingerprint density at radius 3 is 1.65 bits per heavy atom. The zero-order valence-electron chi connectivity index (χ0n) is 30.3. The molecule has 0 aliphatic heterocycles. The van der Waals surface area contributed by atoms with E-state index < -0.39 is 45.1 Å². The van der Waals surface area contributed by atoms with Gasteiger partial charge in [0.05, 0.1) is 19.8 Å². The molecule has 10 nitrogen and oxygen atoms in total. The number of allylic oxidation sites excluding steroid dienone is 4. The number of carbonyl (C=O) groups excluding carboxylic acids is 1. The predicted octanol–water partition coefficient (Wildman–Crippen LogP) is 9.58. The monoisotopic (exact) mass is 703 g/mol. The highest BCUT2D eigenvalue weighted by atomic mass is 31.2. The van der Waals surface area contributed by atoms with Gasteiger partial charge in [0.15, 0.2) is 0 Å². The van der Waals surface area contributed by atoms with Crippen LogP contribution < -0.4 is 5.73 Å². The third kappa shape index (κ3) is 33.0. The summed E-state index contributed by atoms with van der Waals surface area (Å²) in [6.07, 6.45) is 33.7. The second-order valence-electron chi connectivity index (χ2n) is 12.7. The van der Waals surface area contributed by atoms with Crippen LogP contribution in [0.3, 0.4) is 0 Å². The fraction of sp³-hybridized carbons (Fsp3) is 0.838. The first-order chi connectivity index (χ1) is 23.2. The molecule has 3 atom stereocenters. The lowest BCUT2D eigenvalue weighted by Gasteiger charge is -2.20. The summed E-state index contributed by atoms with van der Waals surface area (Å²) < 4.78 is 33.2. The smallest absolute Gasteiger partial charge is 0.472 e. The first kappa shape index (κ1) is 46.5. The number of nitrogens with two attached hydrogens (primary N) is 1. The Kier molecular flexibility index (Phi) is 32.8. The lowest BCUT2D eigenvalue weighted by atomic mass is 10.1. The number of hydrogen-bond donors (Lipinski definition) is 3. The summed E-state index contributed by atoms with van der Waals surface area (Å²) in [4.78, 5) is 33.3. The normalized spacial score (nSPS) is 14.4. The third-order valence-corrected chi connectivity index (χ3v) is 8.90. The fourth-order valence-electron chi connectivity index (χ4n) is 4.93. The van der Waals surface area contributed by atoms with Crippen molar-refractivity contribution in [2.45, 2.75) is 174 Å². The van der Waals surface area contributed by atoms with E-state index in [0.717, 1.165) is 64.2 Å². The lowest BCUT2D eigenvalue weighted by Crippen LogP contribution is -2.34. The van der Waals surface area contributed by atoms with E-state index in [1.807, 2.05) is 0 Å². The van der Waals surface area contributed by atoms with Gasteiger partial charge in [-0.2, -0.15) is 0 Å². The first-order valence-electron chi connectivity index (χ1n) is 18.9. The maximum Gasteiger partial charge on any atom is 0.472 e. The molecule has 0 aromatic carbocycles. The molecule has 0 rings (SSSR count). The Morgan fingerprint density at radius 2 is 1.10 bits per heavy atom. The molecule has 0 aromatic rings. The van der Waals surface area contributed by atoms with Crippen LogP contribution in [0.25, 0.3) is 0 Å². The van der Waals surface area contributed by atoms with Crippen LogP contribution in [0.4, 0.5) is 0 Å². The summed E-state index contributed by atoms with van der Waals surface area (Å²) >= 11 is 0. The number of rotatable bonds is 36. The number of unbranched alkanes of at least 4 members (excludes halogenated alkanes) is 18. The van der Waals surface area contributed by atoms with E-state index >= 15 is 0 Å². The second-order valence-corrected chi connectivity index (χ2v) is 14.1. The number of hydrogen-bond acceptors (Lipinski definition) is 8. The molecule has 0 spiro atoms. The van der Waals surface area contributed by atoms with Crippen LogP contribution in [0.15, 0.2) is 24.3 Å². The van der Waals surface area contributed by atoms with Crippen molar-refractivity contribution in [2.24, 2.45) is 5.73 Å². The van der Waals surface area contributed by atoms with Crippen LogP contribution in [0.5, 0.6) is 0 Å². The Hall–Kier alpha value is -1.55. The number of carbonyl (C=O) groups is 2. The lowest BCUT2D eigenvalue weighted by molar-refractivity contribution is -0.154. The Labute approximate surface area is 292 Å². The van der Waals surface area contributed by atoms with Gasteiger partial charge in [-0.3, -0.25) is 18.6 Å². The minimum Gasteiger partial charge on any atom is -0.480 e. The highest BCUT2D eigenvalue weighted by Crippen LogP contribution is 2.43. The van der Waals surface area contributed by atoms with Gasteiger partial charge in [-0.1, -0.05) is 122 Å². The van der Waals surface area contributed by atoms with Crippen molar-refractivity contribution in [1.29, 1.82) is 0 Å². The molecular weight excluding hydrogens is 633 g/mol. The van der Waals surface area contributed by atoms with E-state index in [-0.39, 0.29) is 13.0 Å². The number of aliphatic carboxylic acids is 1. The van der Waals surface area contributed by atoms with E-state index in [2.05, 4.69) is 42.7 Å². The molecule has 0 aliphatic rings. The maximum absolute atomic E-state index is 12.5. The molecule has 0 aliphatic carbocycles. The first-order valence-corrected chi connectivity index (χ1v) is 20.4. The van der Waals surface area contributed by atoms with Crippen LogP contribution in [0, 0.1) is 0 Å². The minimum atomic E-state index is -4.61. The topological polar surface area (TPSA) is 155 Å². The van der Waals surface area contributed by atoms with Crippen LogP contribution in [0.1, 0.15) is 162 Å². The van der Waals surface area contributed by atoms with Crippen molar-refractivity contribution in [3.05, 3.63) is 24.3 Å². The number of ether oxygens (including phenoxy) is 2. The SMILES string of the molecule is CCCC/C=C\CCCCCCCC(=O)OC(COCCCCCCCC/C=C\CCCCCCC)COP(=O)(O)OCC(N)C(=O)O. The van der Waals surface area contributed by atoms with Crippen molar-refractivity contribution >= 4 is 19.8 Å². The average Bonchev–Trinajstić information content (AvgIpc) is 3.06. The highest BCUT2D eigenvalue weighted by molar-refractivity contribution is 7.47. The van der Waals surface area contributed by atoms with Gasteiger partial charge in [0, 0.05) is 13.0 Å². The van der Waals surface area contributed by atoms with Crippen LogP contribution >= 0.6 is 7.82 Å². The molecule has 3 unspecified atom stereocenters.